The van der Waals surface area contributed by atoms with E-state index in [-0.39, 0.29) is 34.3 Å². The van der Waals surface area contributed by atoms with Crippen molar-refractivity contribution in [2.75, 3.05) is 37.4 Å². The number of nitrogens with zero attached hydrogens (tertiary/aromatic N) is 3. The Morgan fingerprint density at radius 1 is 1.04 bits per heavy atom. The Morgan fingerprint density at radius 2 is 1.82 bits per heavy atom. The molecule has 0 aliphatic heterocycles. The van der Waals surface area contributed by atoms with Crippen LogP contribution in [0.5, 0.6) is 5.88 Å². The SMILES string of the molecule is COCCNC(=O)C1CCC(Nc2ncc3cc(-c4c(F)ccc(NS(=O)(=O)c5cc(Cl)cnc5OC)c4F)ccc3n2)CC1. The van der Waals surface area contributed by atoms with Crippen LogP contribution in [0.1, 0.15) is 25.7 Å². The molecule has 2 aromatic carbocycles. The van der Waals surface area contributed by atoms with Crippen molar-refractivity contribution in [3.8, 4) is 17.0 Å². The molecule has 1 aliphatic carbocycles. The first-order chi connectivity index (χ1) is 21.6. The Hall–Kier alpha value is -4.14. The van der Waals surface area contributed by atoms with Crippen LogP contribution in [0.4, 0.5) is 20.4 Å². The van der Waals surface area contributed by atoms with E-state index in [2.05, 4.69) is 30.3 Å². The molecular weight excluding hydrogens is 630 g/mol. The Balaban J connectivity index is 1.31. The second-order valence-corrected chi connectivity index (χ2v) is 12.6. The highest BCUT2D eigenvalue weighted by atomic mass is 35.5. The van der Waals surface area contributed by atoms with Crippen LogP contribution in [0.3, 0.4) is 0 Å². The molecule has 2 heterocycles. The fourth-order valence-corrected chi connectivity index (χ4v) is 6.64. The van der Waals surface area contributed by atoms with Crippen LogP contribution in [0.25, 0.3) is 22.0 Å². The number of anilines is 2. The third-order valence-corrected chi connectivity index (χ3v) is 9.08. The monoisotopic (exact) mass is 660 g/mol. The second kappa shape index (κ2) is 13.9. The maximum Gasteiger partial charge on any atom is 0.267 e. The minimum atomic E-state index is -4.41. The van der Waals surface area contributed by atoms with Crippen molar-refractivity contribution in [1.29, 1.82) is 0 Å². The van der Waals surface area contributed by atoms with E-state index in [4.69, 9.17) is 21.1 Å². The number of methoxy groups -OCH3 is 2. The van der Waals surface area contributed by atoms with E-state index >= 15 is 4.39 Å². The molecule has 0 bridgehead atoms. The minimum Gasteiger partial charge on any atom is -0.480 e. The third-order valence-electron chi connectivity index (χ3n) is 7.51. The van der Waals surface area contributed by atoms with Gasteiger partial charge in [0, 0.05) is 43.4 Å². The van der Waals surface area contributed by atoms with Crippen molar-refractivity contribution in [3.63, 3.8) is 0 Å². The molecule has 0 saturated heterocycles. The molecule has 4 aromatic rings. The van der Waals surface area contributed by atoms with Crippen LogP contribution in [-0.2, 0) is 19.6 Å². The summed E-state index contributed by atoms with van der Waals surface area (Å²) in [5.41, 5.74) is -0.211. The van der Waals surface area contributed by atoms with Crippen LogP contribution in [-0.4, -0.2) is 62.7 Å². The molecule has 2 aromatic heterocycles. The maximum atomic E-state index is 15.7. The van der Waals surface area contributed by atoms with Crippen LogP contribution in [0.15, 0.2) is 53.7 Å². The Kier molecular flexibility index (Phi) is 9.95. The highest BCUT2D eigenvalue weighted by Crippen LogP contribution is 2.34. The molecule has 1 amide bonds. The van der Waals surface area contributed by atoms with Crippen LogP contribution < -0.4 is 20.1 Å². The van der Waals surface area contributed by atoms with E-state index < -0.39 is 37.8 Å². The number of hydrogen-bond acceptors (Lipinski definition) is 9. The number of amides is 1. The molecule has 45 heavy (non-hydrogen) atoms. The van der Waals surface area contributed by atoms with Gasteiger partial charge in [-0.1, -0.05) is 17.7 Å². The molecule has 5 rings (SSSR count). The second-order valence-electron chi connectivity index (χ2n) is 10.5. The first-order valence-corrected chi connectivity index (χ1v) is 16.0. The van der Waals surface area contributed by atoms with Gasteiger partial charge < -0.3 is 20.1 Å². The minimum absolute atomic E-state index is 0.0269. The van der Waals surface area contributed by atoms with Gasteiger partial charge in [-0.05, 0) is 61.6 Å². The molecule has 0 unspecified atom stereocenters. The van der Waals surface area contributed by atoms with Crippen molar-refractivity contribution in [3.05, 3.63) is 65.4 Å². The van der Waals surface area contributed by atoms with E-state index in [1.807, 2.05) is 0 Å². The van der Waals surface area contributed by atoms with Crippen molar-refractivity contribution in [2.45, 2.75) is 36.6 Å². The van der Waals surface area contributed by atoms with Crippen molar-refractivity contribution >= 4 is 50.1 Å². The number of ether oxygens (including phenoxy) is 2. The molecule has 0 spiro atoms. The normalized spacial score (nSPS) is 16.7. The van der Waals surface area contributed by atoms with Gasteiger partial charge in [0.25, 0.3) is 10.0 Å². The zero-order valence-corrected chi connectivity index (χ0v) is 26.0. The Labute approximate surface area is 263 Å². The molecule has 0 radical (unpaired) electrons. The first-order valence-electron chi connectivity index (χ1n) is 14.1. The lowest BCUT2D eigenvalue weighted by atomic mass is 9.85. The summed E-state index contributed by atoms with van der Waals surface area (Å²) in [6.07, 6.45) is 5.79. The summed E-state index contributed by atoms with van der Waals surface area (Å²) in [5.74, 6) is -1.84. The predicted octanol–water partition coefficient (Wildman–Crippen LogP) is 5.17. The zero-order valence-electron chi connectivity index (χ0n) is 24.4. The summed E-state index contributed by atoms with van der Waals surface area (Å²) < 4.78 is 68.9. The zero-order chi connectivity index (χ0) is 32.1. The average molecular weight is 661 g/mol. The number of nitrogens with one attached hydrogen (secondary N) is 3. The van der Waals surface area contributed by atoms with Crippen molar-refractivity contribution in [2.24, 2.45) is 5.92 Å². The Morgan fingerprint density at radius 3 is 2.56 bits per heavy atom. The molecule has 238 valence electrons. The van der Waals surface area contributed by atoms with E-state index in [0.717, 1.165) is 43.9 Å². The van der Waals surface area contributed by atoms with Gasteiger partial charge in [-0.2, -0.15) is 0 Å². The van der Waals surface area contributed by atoms with Crippen LogP contribution in [0.2, 0.25) is 5.02 Å². The number of aromatic nitrogens is 3. The molecule has 1 fully saturated rings. The first kappa shape index (κ1) is 32.3. The lowest BCUT2D eigenvalue weighted by Gasteiger charge is -2.28. The highest BCUT2D eigenvalue weighted by Gasteiger charge is 2.27. The number of rotatable bonds is 11. The average Bonchev–Trinajstić information content (AvgIpc) is 3.03. The van der Waals surface area contributed by atoms with Gasteiger partial charge in [-0.15, -0.1) is 0 Å². The molecule has 15 heteroatoms. The maximum absolute atomic E-state index is 15.7. The van der Waals surface area contributed by atoms with Gasteiger partial charge in [0.15, 0.2) is 10.7 Å². The van der Waals surface area contributed by atoms with Crippen LogP contribution >= 0.6 is 11.6 Å². The lowest BCUT2D eigenvalue weighted by molar-refractivity contribution is -0.126. The van der Waals surface area contributed by atoms with Crippen LogP contribution in [0, 0.1) is 17.6 Å². The van der Waals surface area contributed by atoms with Crippen molar-refractivity contribution in [1.82, 2.24) is 20.3 Å². The summed E-state index contributed by atoms with van der Waals surface area (Å²) in [6.45, 7) is 0.960. The van der Waals surface area contributed by atoms with Gasteiger partial charge in [-0.25, -0.2) is 32.2 Å². The number of benzene rings is 2. The van der Waals surface area contributed by atoms with E-state index in [9.17, 15) is 17.6 Å². The quantitative estimate of drug-likeness (QED) is 0.186. The van der Waals surface area contributed by atoms with Crippen molar-refractivity contribution < 1.29 is 31.5 Å². The number of sulfonamides is 1. The fraction of sp³-hybridized carbons (Fsp3) is 0.333. The molecule has 1 saturated carbocycles. The number of pyridine rings is 1. The number of hydrogen-bond donors (Lipinski definition) is 3. The summed E-state index contributed by atoms with van der Waals surface area (Å²) >= 11 is 5.92. The predicted molar refractivity (Wildman–Crippen MR) is 166 cm³/mol. The summed E-state index contributed by atoms with van der Waals surface area (Å²) in [5, 5.41) is 6.76. The van der Waals surface area contributed by atoms with Gasteiger partial charge >= 0.3 is 0 Å². The Bertz CT molecular complexity index is 1820. The number of fused-ring (bicyclic) bond motifs is 1. The summed E-state index contributed by atoms with van der Waals surface area (Å²) in [6, 6.07) is 7.79. The lowest BCUT2D eigenvalue weighted by Crippen LogP contribution is -2.37. The van der Waals surface area contributed by atoms with Gasteiger partial charge in [0.1, 0.15) is 5.82 Å². The molecule has 0 atom stereocenters. The van der Waals surface area contributed by atoms with E-state index in [1.165, 1.54) is 25.4 Å². The molecular formula is C30H31ClF2N6O5S. The van der Waals surface area contributed by atoms with Gasteiger partial charge in [-0.3, -0.25) is 9.52 Å². The summed E-state index contributed by atoms with van der Waals surface area (Å²) in [4.78, 5) is 24.7. The number of carbonyl (C=O) groups excluding carboxylic acids is 1. The number of halogens is 3. The number of carbonyl (C=O) groups is 1. The highest BCUT2D eigenvalue weighted by molar-refractivity contribution is 7.92. The van der Waals surface area contributed by atoms with E-state index in [1.54, 1.807) is 19.4 Å². The summed E-state index contributed by atoms with van der Waals surface area (Å²) in [7, 11) is -1.59. The standard InChI is InChI=1S/C30H31ClF2N6O5S/c1-43-12-11-34-28(40)17-3-6-21(7-4-17)37-30-36-15-19-13-18(5-9-23(19)38-30)26-22(32)8-10-24(27(26)33)39-45(41,42)25-14-20(31)16-35-29(25)44-2/h5,8-10,13-17,21,39H,3-4,6-7,11-12H2,1-2H3,(H,34,40)(H,36,37,38). The molecule has 3 N–H and O–H groups in total. The molecule has 1 aliphatic rings. The largest absolute Gasteiger partial charge is 0.480 e. The van der Waals surface area contributed by atoms with E-state index in [0.29, 0.717) is 30.0 Å². The fourth-order valence-electron chi connectivity index (χ4n) is 5.21. The van der Waals surface area contributed by atoms with Gasteiger partial charge in [0.2, 0.25) is 17.7 Å². The molecule has 11 nitrogen and oxygen atoms in total. The topological polar surface area (TPSA) is 144 Å². The third kappa shape index (κ3) is 7.40. The van der Waals surface area contributed by atoms with Gasteiger partial charge in [0.05, 0.1) is 35.5 Å². The smallest absolute Gasteiger partial charge is 0.267 e.